The maximum absolute atomic E-state index is 4.23. The van der Waals surface area contributed by atoms with E-state index in [4.69, 9.17) is 0 Å². The zero-order valence-electron chi connectivity index (χ0n) is 10.5. The van der Waals surface area contributed by atoms with Crippen LogP contribution in [0.3, 0.4) is 0 Å². The van der Waals surface area contributed by atoms with Gasteiger partial charge in [0.25, 0.3) is 0 Å². The largest absolute Gasteiger partial charge is 0.367 e. The normalized spacial score (nSPS) is 12.9. The van der Waals surface area contributed by atoms with Gasteiger partial charge in [0.2, 0.25) is 0 Å². The van der Waals surface area contributed by atoms with Gasteiger partial charge in [-0.3, -0.25) is 0 Å². The Hall–Kier alpha value is -1.23. The summed E-state index contributed by atoms with van der Waals surface area (Å²) in [5, 5.41) is 7.72. The van der Waals surface area contributed by atoms with Crippen LogP contribution in [-0.2, 0) is 0 Å². The molecule has 0 radical (unpaired) electrons. The second kappa shape index (κ2) is 5.40. The lowest BCUT2D eigenvalue weighted by molar-refractivity contribution is 0.865. The van der Waals surface area contributed by atoms with Gasteiger partial charge in [-0.15, -0.1) is 0 Å². The van der Waals surface area contributed by atoms with Crippen LogP contribution in [0.2, 0.25) is 0 Å². The highest BCUT2D eigenvalue weighted by molar-refractivity contribution is 7.99. The average molecular weight is 250 g/mol. The Labute approximate surface area is 106 Å². The van der Waals surface area contributed by atoms with Gasteiger partial charge in [-0.1, -0.05) is 6.92 Å². The molecule has 2 rings (SSSR count). The molecule has 0 saturated heterocycles. The molecule has 17 heavy (non-hydrogen) atoms. The Morgan fingerprint density at radius 2 is 2.29 bits per heavy atom. The number of aryl methyl sites for hydroxylation is 1. The first kappa shape index (κ1) is 12.2. The Balaban J connectivity index is 2.19. The summed E-state index contributed by atoms with van der Waals surface area (Å²) >= 11 is 1.94. The van der Waals surface area contributed by atoms with Gasteiger partial charge in [0.15, 0.2) is 5.65 Å². The maximum Gasteiger partial charge on any atom is 0.157 e. The summed E-state index contributed by atoms with van der Waals surface area (Å²) in [6.45, 7) is 6.44. The fourth-order valence-corrected chi connectivity index (χ4v) is 2.42. The van der Waals surface area contributed by atoms with Crippen LogP contribution in [0.5, 0.6) is 0 Å². The van der Waals surface area contributed by atoms with E-state index in [2.05, 4.69) is 42.2 Å². The summed E-state index contributed by atoms with van der Waals surface area (Å²) in [5.74, 6) is 3.26. The second-order valence-corrected chi connectivity index (χ2v) is 5.47. The van der Waals surface area contributed by atoms with Crippen molar-refractivity contribution in [2.75, 3.05) is 16.8 Å². The minimum absolute atomic E-state index is 0.425. The Morgan fingerprint density at radius 1 is 1.47 bits per heavy atom. The number of hydrogen-bond acceptors (Lipinski definition) is 4. The Bertz CT molecular complexity index is 494. The highest BCUT2D eigenvalue weighted by atomic mass is 32.2. The van der Waals surface area contributed by atoms with E-state index in [-0.39, 0.29) is 0 Å². The standard InChI is InChI=1S/C12H18N4S/c1-4-17-7-10(3)15-12-6-9(2)5-11-13-8-14-16(11)12/h5-6,8,10,15H,4,7H2,1-3H3. The lowest BCUT2D eigenvalue weighted by Crippen LogP contribution is -2.20. The first-order valence-corrected chi connectivity index (χ1v) is 7.01. The molecule has 0 aliphatic carbocycles. The van der Waals surface area contributed by atoms with Gasteiger partial charge in [0.1, 0.15) is 12.1 Å². The van der Waals surface area contributed by atoms with E-state index < -0.39 is 0 Å². The molecular formula is C12H18N4S. The van der Waals surface area contributed by atoms with E-state index in [0.717, 1.165) is 23.0 Å². The van der Waals surface area contributed by atoms with Crippen molar-refractivity contribution in [1.29, 1.82) is 0 Å². The van der Waals surface area contributed by atoms with Crippen molar-refractivity contribution >= 4 is 23.2 Å². The third-order valence-electron chi connectivity index (χ3n) is 2.49. The van der Waals surface area contributed by atoms with Crippen LogP contribution >= 0.6 is 11.8 Å². The Kier molecular flexibility index (Phi) is 3.89. The molecule has 4 nitrogen and oxygen atoms in total. The van der Waals surface area contributed by atoms with E-state index in [9.17, 15) is 0 Å². The fourth-order valence-electron chi connectivity index (χ4n) is 1.75. The van der Waals surface area contributed by atoms with Gasteiger partial charge >= 0.3 is 0 Å². The van der Waals surface area contributed by atoms with Crippen LogP contribution < -0.4 is 5.32 Å². The number of pyridine rings is 1. The molecule has 0 aliphatic rings. The average Bonchev–Trinajstić information content (AvgIpc) is 2.74. The van der Waals surface area contributed by atoms with E-state index in [0.29, 0.717) is 6.04 Å². The highest BCUT2D eigenvalue weighted by Gasteiger charge is 2.07. The maximum atomic E-state index is 4.23. The molecule has 0 aliphatic heterocycles. The lowest BCUT2D eigenvalue weighted by atomic mass is 10.3. The number of nitrogens with zero attached hydrogens (tertiary/aromatic N) is 3. The molecule has 5 heteroatoms. The summed E-state index contributed by atoms with van der Waals surface area (Å²) in [7, 11) is 0. The molecule has 0 fully saturated rings. The molecule has 1 atom stereocenters. The third-order valence-corrected chi connectivity index (χ3v) is 3.63. The summed E-state index contributed by atoms with van der Waals surface area (Å²) in [5.41, 5.74) is 2.09. The molecular weight excluding hydrogens is 232 g/mol. The third kappa shape index (κ3) is 2.91. The molecule has 1 unspecified atom stereocenters. The molecule has 0 saturated carbocycles. The van der Waals surface area contributed by atoms with Gasteiger partial charge in [-0.05, 0) is 37.3 Å². The van der Waals surface area contributed by atoms with Crippen molar-refractivity contribution in [3.63, 3.8) is 0 Å². The topological polar surface area (TPSA) is 42.2 Å². The smallest absolute Gasteiger partial charge is 0.157 e. The van der Waals surface area contributed by atoms with Crippen molar-refractivity contribution in [3.8, 4) is 0 Å². The predicted octanol–water partition coefficient (Wildman–Crippen LogP) is 2.59. The molecule has 2 heterocycles. The molecule has 0 aromatic carbocycles. The van der Waals surface area contributed by atoms with Crippen LogP contribution in [0.25, 0.3) is 5.65 Å². The van der Waals surface area contributed by atoms with Crippen molar-refractivity contribution < 1.29 is 0 Å². The van der Waals surface area contributed by atoms with Gasteiger partial charge in [-0.2, -0.15) is 21.4 Å². The molecule has 2 aromatic rings. The van der Waals surface area contributed by atoms with Crippen LogP contribution in [0.15, 0.2) is 18.5 Å². The second-order valence-electron chi connectivity index (χ2n) is 4.15. The number of aromatic nitrogens is 3. The van der Waals surface area contributed by atoms with Gasteiger partial charge in [0.05, 0.1) is 0 Å². The minimum Gasteiger partial charge on any atom is -0.367 e. The summed E-state index contributed by atoms with van der Waals surface area (Å²) < 4.78 is 1.85. The molecule has 1 N–H and O–H groups in total. The van der Waals surface area contributed by atoms with Gasteiger partial charge in [0, 0.05) is 11.8 Å². The molecule has 0 spiro atoms. The van der Waals surface area contributed by atoms with E-state index in [1.165, 1.54) is 5.56 Å². The van der Waals surface area contributed by atoms with Crippen LogP contribution in [0, 0.1) is 6.92 Å². The number of anilines is 1. The van der Waals surface area contributed by atoms with Crippen molar-refractivity contribution in [2.45, 2.75) is 26.8 Å². The van der Waals surface area contributed by atoms with Crippen LogP contribution in [0.1, 0.15) is 19.4 Å². The molecule has 0 amide bonds. The molecule has 2 aromatic heterocycles. The Morgan fingerprint density at radius 3 is 3.06 bits per heavy atom. The van der Waals surface area contributed by atoms with E-state index >= 15 is 0 Å². The van der Waals surface area contributed by atoms with Crippen molar-refractivity contribution in [3.05, 3.63) is 24.0 Å². The minimum atomic E-state index is 0.425. The number of nitrogens with one attached hydrogen (secondary N) is 1. The molecule has 92 valence electrons. The monoisotopic (exact) mass is 250 g/mol. The SMILES string of the molecule is CCSCC(C)Nc1cc(C)cc2ncnn12. The number of rotatable bonds is 5. The summed E-state index contributed by atoms with van der Waals surface area (Å²) in [6.07, 6.45) is 1.59. The quantitative estimate of drug-likeness (QED) is 0.885. The first-order chi connectivity index (χ1) is 8.20. The summed E-state index contributed by atoms with van der Waals surface area (Å²) in [6, 6.07) is 4.56. The number of thioether (sulfide) groups is 1. The zero-order valence-corrected chi connectivity index (χ0v) is 11.3. The van der Waals surface area contributed by atoms with Crippen molar-refractivity contribution in [2.24, 2.45) is 0 Å². The van der Waals surface area contributed by atoms with Crippen LogP contribution in [-0.4, -0.2) is 32.1 Å². The molecule has 0 bridgehead atoms. The van der Waals surface area contributed by atoms with Gasteiger partial charge in [-0.25, -0.2) is 4.98 Å². The highest BCUT2D eigenvalue weighted by Crippen LogP contribution is 2.15. The van der Waals surface area contributed by atoms with E-state index in [1.807, 2.05) is 22.3 Å². The predicted molar refractivity (Wildman–Crippen MR) is 73.8 cm³/mol. The fraction of sp³-hybridized carbons (Fsp3) is 0.500. The zero-order chi connectivity index (χ0) is 12.3. The van der Waals surface area contributed by atoms with Crippen LogP contribution in [0.4, 0.5) is 5.82 Å². The lowest BCUT2D eigenvalue weighted by Gasteiger charge is -2.15. The van der Waals surface area contributed by atoms with E-state index in [1.54, 1.807) is 6.33 Å². The number of fused-ring (bicyclic) bond motifs is 1. The van der Waals surface area contributed by atoms with Gasteiger partial charge < -0.3 is 5.32 Å². The first-order valence-electron chi connectivity index (χ1n) is 5.85. The number of hydrogen-bond donors (Lipinski definition) is 1. The summed E-state index contributed by atoms with van der Waals surface area (Å²) in [4.78, 5) is 4.22. The van der Waals surface area contributed by atoms with Crippen molar-refractivity contribution in [1.82, 2.24) is 14.6 Å².